The minimum Gasteiger partial charge on any atom is -0.310 e. The predicted octanol–water partition coefficient (Wildman–Crippen LogP) is -3.25. The van der Waals surface area contributed by atoms with Crippen LogP contribution in [-0.4, -0.2) is 5.11 Å². The summed E-state index contributed by atoms with van der Waals surface area (Å²) in [6, 6.07) is 0. The maximum atomic E-state index is 5.20. The van der Waals surface area contributed by atoms with E-state index in [9.17, 15) is 0 Å². The maximum absolute atomic E-state index is 5.20. The highest BCUT2D eigenvalue weighted by atomic mass is 32.5. The van der Waals surface area contributed by atoms with Crippen molar-refractivity contribution in [2.45, 2.75) is 0 Å². The molecule has 0 aromatic heterocycles. The summed E-state index contributed by atoms with van der Waals surface area (Å²) in [5.74, 6) is 20.8. The van der Waals surface area contributed by atoms with Gasteiger partial charge in [0.2, 0.25) is 0 Å². The number of hydrazine groups is 4. The highest BCUT2D eigenvalue weighted by Gasteiger charge is 2.18. The Morgan fingerprint density at radius 2 is 1.00 bits per heavy atom. The molecule has 14 N–H and O–H groups in total. The highest BCUT2D eigenvalue weighted by molar-refractivity contribution is 8.13. The van der Waals surface area contributed by atoms with Crippen molar-refractivity contribution in [3.05, 3.63) is 0 Å². The fraction of sp³-hybridized carbons (Fsp3) is 0. The van der Waals surface area contributed by atoms with Crippen LogP contribution in [0.4, 0.5) is 0 Å². The smallest absolute Gasteiger partial charge is 0.189 e. The standard InChI is InChI=1S/CH14N10P2S3/c2-8-12(15,9-3)6-1(14)7-13(16,10-4)11-5/h2-5H2,(H6,6,7,8,9,10,11,14,15,16). The molecule has 0 amide bonds. The Bertz CT molecular complexity index is 282. The molecule has 96 valence electrons. The van der Waals surface area contributed by atoms with Crippen LogP contribution < -0.4 is 54.3 Å². The van der Waals surface area contributed by atoms with Crippen molar-refractivity contribution in [1.82, 2.24) is 31.0 Å². The average molecular weight is 324 g/mol. The summed E-state index contributed by atoms with van der Waals surface area (Å²) in [7, 11) is 0. The molecule has 0 rings (SSSR count). The Morgan fingerprint density at radius 1 is 0.750 bits per heavy atom. The van der Waals surface area contributed by atoms with Gasteiger partial charge in [-0.05, 0) is 35.8 Å². The Labute approximate surface area is 108 Å². The Kier molecular flexibility index (Phi) is 7.48. The fourth-order valence-corrected chi connectivity index (χ4v) is 3.41. The molecule has 0 saturated carbocycles. The first kappa shape index (κ1) is 16.7. The molecule has 0 aromatic carbocycles. The van der Waals surface area contributed by atoms with Gasteiger partial charge in [-0.3, -0.25) is 23.4 Å². The van der Waals surface area contributed by atoms with E-state index in [1.807, 2.05) is 0 Å². The number of rotatable bonds is 6. The van der Waals surface area contributed by atoms with E-state index in [2.05, 4.69) is 31.0 Å². The van der Waals surface area contributed by atoms with Gasteiger partial charge in [0.05, 0.1) is 0 Å². The van der Waals surface area contributed by atoms with E-state index in [-0.39, 0.29) is 5.11 Å². The van der Waals surface area contributed by atoms with E-state index in [1.165, 1.54) is 0 Å². The molecule has 0 atom stereocenters. The first-order valence-corrected chi connectivity index (χ1v) is 9.58. The summed E-state index contributed by atoms with van der Waals surface area (Å²) < 4.78 is 0. The minimum absolute atomic E-state index is 0.110. The first-order valence-electron chi connectivity index (χ1n) is 3.57. The third-order valence-corrected chi connectivity index (χ3v) is 6.10. The summed E-state index contributed by atoms with van der Waals surface area (Å²) in [4.78, 5) is 0. The van der Waals surface area contributed by atoms with Gasteiger partial charge in [-0.15, -0.1) is 0 Å². The molecule has 0 aliphatic carbocycles. The van der Waals surface area contributed by atoms with E-state index in [1.54, 1.807) is 0 Å². The molecule has 10 nitrogen and oxygen atoms in total. The van der Waals surface area contributed by atoms with Crippen molar-refractivity contribution >= 4 is 53.9 Å². The van der Waals surface area contributed by atoms with Gasteiger partial charge in [-0.2, -0.15) is 0 Å². The summed E-state index contributed by atoms with van der Waals surface area (Å²) in [5.41, 5.74) is 0. The topological polar surface area (TPSA) is 176 Å². The van der Waals surface area contributed by atoms with Gasteiger partial charge in [0, 0.05) is 0 Å². The third kappa shape index (κ3) is 5.33. The van der Waals surface area contributed by atoms with Gasteiger partial charge in [0.15, 0.2) is 18.1 Å². The first-order chi connectivity index (χ1) is 7.34. The number of hydrogen-bond donors (Lipinski definition) is 10. The van der Waals surface area contributed by atoms with E-state index in [4.69, 9.17) is 59.2 Å². The molecule has 0 aromatic rings. The molecule has 0 aliphatic rings. The quantitative estimate of drug-likeness (QED) is 0.102. The van der Waals surface area contributed by atoms with Crippen LogP contribution in [0.1, 0.15) is 0 Å². The SMILES string of the molecule is NNP(=S)(NN)NC(=S)NP(=S)(NN)NN. The van der Waals surface area contributed by atoms with Crippen LogP contribution in [0.5, 0.6) is 0 Å². The second kappa shape index (κ2) is 7.18. The lowest BCUT2D eigenvalue weighted by Crippen LogP contribution is -2.47. The zero-order chi connectivity index (χ0) is 12.8. The summed E-state index contributed by atoms with van der Waals surface area (Å²) in [5, 5.41) is 14.7. The minimum atomic E-state index is -2.57. The molecule has 0 heterocycles. The largest absolute Gasteiger partial charge is 0.310 e. The molecular formula is CH14N10P2S3. The Balaban J connectivity index is 4.50. The lowest BCUT2D eigenvalue weighted by molar-refractivity contribution is 0.960. The molecule has 15 heteroatoms. The molecule has 0 radical (unpaired) electrons. The fourth-order valence-electron chi connectivity index (χ4n) is 0.515. The van der Waals surface area contributed by atoms with Gasteiger partial charge in [0.1, 0.15) is 0 Å². The second-order valence-electron chi connectivity index (χ2n) is 2.29. The summed E-state index contributed by atoms with van der Waals surface area (Å²) in [6.07, 6.45) is 0. The summed E-state index contributed by atoms with van der Waals surface area (Å²) >= 11 is 15.0. The Hall–Kier alpha value is 0.670. The van der Waals surface area contributed by atoms with Crippen molar-refractivity contribution < 1.29 is 0 Å². The van der Waals surface area contributed by atoms with Crippen LogP contribution in [-0.2, 0) is 23.6 Å². The monoisotopic (exact) mass is 324 g/mol. The van der Waals surface area contributed by atoms with Crippen molar-refractivity contribution in [1.29, 1.82) is 0 Å². The lowest BCUT2D eigenvalue weighted by atomic mass is 11.2. The van der Waals surface area contributed by atoms with Gasteiger partial charge in [0.25, 0.3) is 0 Å². The van der Waals surface area contributed by atoms with Crippen LogP contribution in [0, 0.1) is 0 Å². The third-order valence-electron chi connectivity index (χ3n) is 1.25. The second-order valence-corrected chi connectivity index (χ2v) is 9.90. The van der Waals surface area contributed by atoms with Gasteiger partial charge >= 0.3 is 0 Å². The van der Waals surface area contributed by atoms with Crippen LogP contribution in [0.3, 0.4) is 0 Å². The van der Waals surface area contributed by atoms with Crippen LogP contribution in [0.2, 0.25) is 0 Å². The van der Waals surface area contributed by atoms with Crippen molar-refractivity contribution in [2.75, 3.05) is 0 Å². The molecule has 16 heavy (non-hydrogen) atoms. The maximum Gasteiger partial charge on any atom is 0.189 e. The highest BCUT2D eigenvalue weighted by Crippen LogP contribution is 2.30. The predicted molar refractivity (Wildman–Crippen MR) is 76.7 cm³/mol. The van der Waals surface area contributed by atoms with E-state index in [0.29, 0.717) is 0 Å². The molecule has 0 aliphatic heterocycles. The average Bonchev–Trinajstić information content (AvgIpc) is 2.28. The van der Waals surface area contributed by atoms with Crippen LogP contribution >= 0.6 is 25.2 Å². The zero-order valence-electron chi connectivity index (χ0n) is 7.93. The number of hydrogen-bond acceptors (Lipinski definition) is 7. The normalized spacial score (nSPS) is 12.2. The molecule has 0 bridgehead atoms. The number of nitrogens with one attached hydrogen (secondary N) is 6. The zero-order valence-corrected chi connectivity index (χ0v) is 12.2. The van der Waals surface area contributed by atoms with Gasteiger partial charge in [-0.1, -0.05) is 0 Å². The molecule has 0 unspecified atom stereocenters. The van der Waals surface area contributed by atoms with Crippen molar-refractivity contribution in [3.8, 4) is 0 Å². The lowest BCUT2D eigenvalue weighted by Gasteiger charge is -2.26. The number of thiocarbonyl (C=S) groups is 1. The van der Waals surface area contributed by atoms with E-state index in [0.717, 1.165) is 0 Å². The van der Waals surface area contributed by atoms with Crippen molar-refractivity contribution in [2.24, 2.45) is 23.4 Å². The van der Waals surface area contributed by atoms with Gasteiger partial charge in [-0.25, -0.2) is 20.8 Å². The number of nitrogens with two attached hydrogens (primary N) is 4. The van der Waals surface area contributed by atoms with Crippen LogP contribution in [0.25, 0.3) is 0 Å². The van der Waals surface area contributed by atoms with Crippen molar-refractivity contribution in [3.63, 3.8) is 0 Å². The van der Waals surface area contributed by atoms with E-state index >= 15 is 0 Å². The van der Waals surface area contributed by atoms with Crippen LogP contribution in [0.15, 0.2) is 0 Å². The molecule has 0 fully saturated rings. The molecular weight excluding hydrogens is 310 g/mol. The van der Waals surface area contributed by atoms with E-state index < -0.39 is 13.0 Å². The summed E-state index contributed by atoms with van der Waals surface area (Å²) in [6.45, 7) is -5.15. The molecule has 0 spiro atoms. The van der Waals surface area contributed by atoms with Gasteiger partial charge < -0.3 is 10.2 Å². The molecule has 0 saturated heterocycles. The Morgan fingerprint density at radius 3 is 1.19 bits per heavy atom.